The summed E-state index contributed by atoms with van der Waals surface area (Å²) < 4.78 is 98.9. The predicted octanol–water partition coefficient (Wildman–Crippen LogP) is 7.36. The predicted molar refractivity (Wildman–Crippen MR) is 253 cm³/mol. The van der Waals surface area contributed by atoms with Crippen molar-refractivity contribution >= 4 is 50.1 Å². The van der Waals surface area contributed by atoms with Crippen LogP contribution in [-0.2, 0) is 22.1 Å². The number of piperazine rings is 2. The van der Waals surface area contributed by atoms with Gasteiger partial charge < -0.3 is 20.4 Å². The lowest BCUT2D eigenvalue weighted by Gasteiger charge is -2.43. The summed E-state index contributed by atoms with van der Waals surface area (Å²) in [5.74, 6) is 1.50. The Hall–Kier alpha value is -6.84. The molecule has 8 aromatic rings. The monoisotopic (exact) mass is 1030 g/mol. The fourth-order valence-corrected chi connectivity index (χ4v) is 9.24. The van der Waals surface area contributed by atoms with Gasteiger partial charge in [-0.05, 0) is 27.7 Å². The van der Waals surface area contributed by atoms with Crippen LogP contribution in [0.2, 0.25) is 5.15 Å². The van der Waals surface area contributed by atoms with E-state index in [0.29, 0.717) is 24.7 Å². The van der Waals surface area contributed by atoms with Crippen LogP contribution in [0.4, 0.5) is 43.8 Å². The van der Waals surface area contributed by atoms with Gasteiger partial charge in [0.15, 0.2) is 40.1 Å². The first kappa shape index (κ1) is 50.5. The van der Waals surface area contributed by atoms with Crippen molar-refractivity contribution in [3.8, 4) is 23.0 Å². The number of aromatic amines is 2. The van der Waals surface area contributed by atoms with Crippen molar-refractivity contribution in [2.75, 3.05) is 35.4 Å². The van der Waals surface area contributed by atoms with Gasteiger partial charge in [-0.15, -0.1) is 0 Å². The molecule has 2 aliphatic heterocycles. The van der Waals surface area contributed by atoms with Crippen LogP contribution in [0.5, 0.6) is 0 Å². The first-order chi connectivity index (χ1) is 33.1. The Morgan fingerprint density at radius 2 is 1.10 bits per heavy atom. The molecule has 6 unspecified atom stereocenters. The second kappa shape index (κ2) is 19.4. The first-order valence-corrected chi connectivity index (χ1v) is 24.3. The largest absolute Gasteiger partial charge is 0.434 e. The number of nitrogens with zero attached hydrogens (tertiary/aromatic N) is 15. The van der Waals surface area contributed by atoms with E-state index in [9.17, 15) is 30.6 Å². The summed E-state index contributed by atoms with van der Waals surface area (Å²) >= 11 is 6.33. The van der Waals surface area contributed by atoms with E-state index in [-0.39, 0.29) is 89.0 Å². The molecule has 4 N–H and O–H groups in total. The summed E-state index contributed by atoms with van der Waals surface area (Å²) in [6.45, 7) is 9.44. The first-order valence-electron chi connectivity index (χ1n) is 21.5. The molecular weight excluding hydrogens is 980 g/mol. The number of halogens is 7. The summed E-state index contributed by atoms with van der Waals surface area (Å²) in [7, 11) is -2.59. The molecular formula is C43H48ClF6N19OS. The van der Waals surface area contributed by atoms with Crippen molar-refractivity contribution in [2.24, 2.45) is 4.36 Å². The summed E-state index contributed by atoms with van der Waals surface area (Å²) in [5.41, 5.74) is 0.824. The number of aromatic nitrogens is 14. The molecule has 8 aromatic heterocycles. The molecule has 0 saturated carbocycles. The van der Waals surface area contributed by atoms with Crippen molar-refractivity contribution in [1.82, 2.24) is 79.7 Å². The fourth-order valence-electron chi connectivity index (χ4n) is 8.52. The normalized spacial score (nSPS) is 21.0. The number of alkyl halides is 6. The minimum absolute atomic E-state index is 0. The van der Waals surface area contributed by atoms with Crippen LogP contribution in [0, 0.1) is 0 Å². The molecule has 28 heteroatoms. The van der Waals surface area contributed by atoms with Crippen molar-refractivity contribution < 1.29 is 30.6 Å². The van der Waals surface area contributed by atoms with Crippen molar-refractivity contribution in [3.05, 3.63) is 102 Å². The highest BCUT2D eigenvalue weighted by atomic mass is 35.5. The smallest absolute Gasteiger partial charge is 0.350 e. The Labute approximate surface area is 407 Å². The highest BCUT2D eigenvalue weighted by Gasteiger charge is 2.37. The molecule has 71 heavy (non-hydrogen) atoms. The lowest BCUT2D eigenvalue weighted by Crippen LogP contribution is -2.56. The average molecular weight is 1030 g/mol. The quantitative estimate of drug-likeness (QED) is 0.0903. The van der Waals surface area contributed by atoms with Crippen LogP contribution in [-0.4, -0.2) is 123 Å². The zero-order valence-corrected chi connectivity index (χ0v) is 39.5. The number of hydrogen-bond acceptors (Lipinski definition) is 16. The molecule has 0 amide bonds. The number of imidazole rings is 2. The van der Waals surface area contributed by atoms with E-state index in [4.69, 9.17) is 16.6 Å². The molecule has 0 bridgehead atoms. The molecule has 2 aliphatic rings. The van der Waals surface area contributed by atoms with Crippen molar-refractivity contribution in [1.29, 1.82) is 0 Å². The van der Waals surface area contributed by atoms with E-state index in [0.717, 1.165) is 35.9 Å². The second-order valence-corrected chi connectivity index (χ2v) is 20.2. The Balaban J connectivity index is 0.000000189. The molecule has 0 radical (unpaired) electrons. The maximum Gasteiger partial charge on any atom is 0.434 e. The van der Waals surface area contributed by atoms with Gasteiger partial charge in [-0.3, -0.25) is 19.0 Å². The van der Waals surface area contributed by atoms with E-state index < -0.39 is 33.5 Å². The number of fused-ring (bicyclic) bond motifs is 2. The molecule has 20 nitrogen and oxygen atoms in total. The minimum Gasteiger partial charge on any atom is -0.350 e. The third-order valence-corrected chi connectivity index (χ3v) is 12.5. The summed E-state index contributed by atoms with van der Waals surface area (Å²) in [5, 5.41) is 21.1. The number of nitrogens with one attached hydrogen (secondary N) is 4. The number of anilines is 2. The van der Waals surface area contributed by atoms with Crippen LogP contribution < -0.4 is 20.4 Å². The molecule has 6 atom stereocenters. The van der Waals surface area contributed by atoms with E-state index in [1.54, 1.807) is 24.5 Å². The maximum absolute atomic E-state index is 13.4. The summed E-state index contributed by atoms with van der Waals surface area (Å²) in [6, 6.07) is 3.32. The van der Waals surface area contributed by atoms with Gasteiger partial charge in [0.2, 0.25) is 0 Å². The number of rotatable bonds is 7. The van der Waals surface area contributed by atoms with Gasteiger partial charge in [0.25, 0.3) is 0 Å². The second-order valence-electron chi connectivity index (χ2n) is 17.3. The van der Waals surface area contributed by atoms with Crippen molar-refractivity contribution in [2.45, 2.75) is 83.7 Å². The van der Waals surface area contributed by atoms with Gasteiger partial charge >= 0.3 is 12.4 Å². The van der Waals surface area contributed by atoms with E-state index in [2.05, 4.69) is 93.9 Å². The third kappa shape index (κ3) is 10.8. The fraction of sp³-hybridized carbons (Fsp3) is 0.395. The third-order valence-electron chi connectivity index (χ3n) is 11.7. The molecule has 2 saturated heterocycles. The summed E-state index contributed by atoms with van der Waals surface area (Å²) in [6.07, 6.45) is 7.56. The number of hydrogen-bond donors (Lipinski definition) is 4. The number of H-pyrrole nitrogens is 2. The van der Waals surface area contributed by atoms with Gasteiger partial charge in [0.05, 0.1) is 49.3 Å². The van der Waals surface area contributed by atoms with Crippen LogP contribution in [0.15, 0.2) is 78.5 Å². The average Bonchev–Trinajstić information content (AvgIpc) is 4.14. The van der Waals surface area contributed by atoms with Crippen LogP contribution in [0.3, 0.4) is 0 Å². The highest BCUT2D eigenvalue weighted by molar-refractivity contribution is 7.92. The topological polar surface area (TPSA) is 229 Å². The van der Waals surface area contributed by atoms with Crippen molar-refractivity contribution in [3.63, 3.8) is 0 Å². The van der Waals surface area contributed by atoms with Gasteiger partial charge in [0.1, 0.15) is 28.2 Å². The molecule has 376 valence electrons. The summed E-state index contributed by atoms with van der Waals surface area (Å²) in [4.78, 5) is 37.5. The molecule has 10 heterocycles. The molecule has 0 aromatic carbocycles. The highest BCUT2D eigenvalue weighted by Crippen LogP contribution is 2.35. The van der Waals surface area contributed by atoms with Crippen LogP contribution in [0.25, 0.3) is 34.3 Å². The zero-order valence-electron chi connectivity index (χ0n) is 38.0. The molecule has 2 fully saturated rings. The Morgan fingerprint density at radius 1 is 0.648 bits per heavy atom. The molecule has 10 rings (SSSR count). The van der Waals surface area contributed by atoms with E-state index in [1.807, 2.05) is 26.2 Å². The van der Waals surface area contributed by atoms with Gasteiger partial charge in [-0.1, -0.05) is 19.0 Å². The SMILES string of the molecule is C.CC1CN(c2cc(Cl)nc(-c3cnc4cnc(C(F)(F)F)cn34)n2)C(C)C(c2cn[nH]c2)N1.CC1CN(c2cc(N=S(C)(C)=O)nc(-c3cnc4cnc(C(F)(F)F)cn34)n2)C(C)C(c2cn[nH]c2)N1. The van der Waals surface area contributed by atoms with Crippen LogP contribution in [0.1, 0.15) is 69.7 Å². The standard InChI is InChI=1S/C22H25F3N10OS.C20H19ClF3N9.CH4/c1-12-10-34(13(2)20(30-12)14-6-28-29-7-14)18-5-17(33-37(3,4)36)31-21(32-18)15-8-27-19-9-26-16(11-35(15)19)22(23,24)25;1-10-8-32(11(2)18(29-10)12-4-27-28-5-12)16-3-15(21)30-19(31-16)13-6-26-17-7-25-14(9-33(13)17)20(22,23)24;/h5-9,11-13,20,30H,10H2,1-4H3,(H,28,29);3-7,9-11,18,29H,8H2,1-2H3,(H,27,28);1H4. The van der Waals surface area contributed by atoms with Gasteiger partial charge in [-0.25, -0.2) is 44.1 Å². The van der Waals surface area contributed by atoms with Gasteiger partial charge in [-0.2, -0.15) is 40.9 Å². The Kier molecular flexibility index (Phi) is 13.8. The lowest BCUT2D eigenvalue weighted by molar-refractivity contribution is -0.142. The maximum atomic E-state index is 13.4. The van der Waals surface area contributed by atoms with Gasteiger partial charge in [0, 0.05) is 108 Å². The molecule has 0 aliphatic carbocycles. The minimum atomic E-state index is -4.64. The van der Waals surface area contributed by atoms with E-state index >= 15 is 0 Å². The van der Waals surface area contributed by atoms with Crippen LogP contribution >= 0.6 is 11.6 Å². The molecule has 0 spiro atoms. The Bertz CT molecular complexity index is 3270. The van der Waals surface area contributed by atoms with E-state index in [1.165, 1.54) is 33.7 Å². The lowest BCUT2D eigenvalue weighted by atomic mass is 9.97. The zero-order chi connectivity index (χ0) is 49.9. The Morgan fingerprint density at radius 3 is 1.52 bits per heavy atom.